The largest absolute Gasteiger partial charge is 0.497 e. The zero-order valence-corrected chi connectivity index (χ0v) is 12.7. The minimum Gasteiger partial charge on any atom is -0.497 e. The number of aliphatic hydroxyl groups is 1. The van der Waals surface area contributed by atoms with Crippen LogP contribution in [-0.2, 0) is 6.54 Å². The summed E-state index contributed by atoms with van der Waals surface area (Å²) in [6, 6.07) is 7.91. The third-order valence-electron chi connectivity index (χ3n) is 4.12. The number of rotatable bonds is 6. The van der Waals surface area contributed by atoms with E-state index in [1.54, 1.807) is 7.11 Å². The number of nitrogens with one attached hydrogen (secondary N) is 3. The Morgan fingerprint density at radius 1 is 1.32 bits per heavy atom. The van der Waals surface area contributed by atoms with Gasteiger partial charge in [0.05, 0.1) is 25.1 Å². The quantitative estimate of drug-likeness (QED) is 0.633. The highest BCUT2D eigenvalue weighted by atomic mass is 16.5. The van der Waals surface area contributed by atoms with Crippen LogP contribution in [0.25, 0.3) is 11.3 Å². The van der Waals surface area contributed by atoms with Gasteiger partial charge in [-0.2, -0.15) is 5.10 Å². The van der Waals surface area contributed by atoms with Gasteiger partial charge in [0.25, 0.3) is 0 Å². The van der Waals surface area contributed by atoms with Gasteiger partial charge in [0.1, 0.15) is 5.75 Å². The number of aliphatic hydroxyl groups excluding tert-OH is 1. The minimum atomic E-state index is -0.252. The van der Waals surface area contributed by atoms with Crippen LogP contribution in [0.1, 0.15) is 5.56 Å². The normalized spacial score (nSPS) is 21.2. The van der Waals surface area contributed by atoms with E-state index in [1.807, 2.05) is 30.5 Å². The molecule has 22 heavy (non-hydrogen) atoms. The average molecular weight is 302 g/mol. The standard InChI is InChI=1S/C16H22N4O2/c1-22-14-4-2-11(3-5-14)16-13(9-19-20-16)8-17-6-12-7-18-10-15(12)21/h2-5,9,12,15,17-18,21H,6-8,10H2,1H3,(H,19,20). The summed E-state index contributed by atoms with van der Waals surface area (Å²) < 4.78 is 5.18. The number of hydrogen-bond donors (Lipinski definition) is 4. The van der Waals surface area contributed by atoms with E-state index >= 15 is 0 Å². The van der Waals surface area contributed by atoms with E-state index < -0.39 is 0 Å². The lowest BCUT2D eigenvalue weighted by molar-refractivity contribution is 0.146. The van der Waals surface area contributed by atoms with Gasteiger partial charge >= 0.3 is 0 Å². The molecule has 0 amide bonds. The first-order valence-corrected chi connectivity index (χ1v) is 7.54. The first-order valence-electron chi connectivity index (χ1n) is 7.54. The second kappa shape index (κ2) is 6.91. The van der Waals surface area contributed by atoms with Crippen molar-refractivity contribution in [2.24, 2.45) is 5.92 Å². The first-order chi connectivity index (χ1) is 10.8. The monoisotopic (exact) mass is 302 g/mol. The van der Waals surface area contributed by atoms with E-state index in [1.165, 1.54) is 0 Å². The van der Waals surface area contributed by atoms with Gasteiger partial charge in [-0.3, -0.25) is 5.10 Å². The number of nitrogens with zero attached hydrogens (tertiary/aromatic N) is 1. The van der Waals surface area contributed by atoms with Crippen molar-refractivity contribution < 1.29 is 9.84 Å². The van der Waals surface area contributed by atoms with E-state index in [2.05, 4.69) is 20.8 Å². The average Bonchev–Trinajstić information content (AvgIpc) is 3.17. The van der Waals surface area contributed by atoms with Crippen LogP contribution in [0.4, 0.5) is 0 Å². The highest BCUT2D eigenvalue weighted by Gasteiger charge is 2.24. The number of ether oxygens (including phenoxy) is 1. The Morgan fingerprint density at radius 2 is 2.14 bits per heavy atom. The van der Waals surface area contributed by atoms with Crippen LogP contribution >= 0.6 is 0 Å². The maximum absolute atomic E-state index is 9.80. The molecule has 0 bridgehead atoms. The van der Waals surface area contributed by atoms with Gasteiger partial charge in [-0.05, 0) is 24.3 Å². The number of methoxy groups -OCH3 is 1. The third kappa shape index (κ3) is 3.30. The van der Waals surface area contributed by atoms with Crippen LogP contribution in [0.2, 0.25) is 0 Å². The van der Waals surface area contributed by atoms with Crippen molar-refractivity contribution in [1.29, 1.82) is 0 Å². The zero-order chi connectivity index (χ0) is 15.4. The Labute approximate surface area is 129 Å². The van der Waals surface area contributed by atoms with Gasteiger partial charge in [-0.15, -0.1) is 0 Å². The van der Waals surface area contributed by atoms with Crippen LogP contribution < -0.4 is 15.4 Å². The molecule has 1 saturated heterocycles. The molecular formula is C16H22N4O2. The highest BCUT2D eigenvalue weighted by molar-refractivity contribution is 5.63. The number of aromatic amines is 1. The molecular weight excluding hydrogens is 280 g/mol. The summed E-state index contributed by atoms with van der Waals surface area (Å²) in [5, 5.41) is 23.6. The second-order valence-corrected chi connectivity index (χ2v) is 5.62. The number of hydrogen-bond acceptors (Lipinski definition) is 5. The van der Waals surface area contributed by atoms with Crippen molar-refractivity contribution >= 4 is 0 Å². The molecule has 0 radical (unpaired) electrons. The Bertz CT molecular complexity index is 596. The molecule has 6 nitrogen and oxygen atoms in total. The second-order valence-electron chi connectivity index (χ2n) is 5.62. The molecule has 2 atom stereocenters. The molecule has 0 spiro atoms. The van der Waals surface area contributed by atoms with Crippen LogP contribution in [0.3, 0.4) is 0 Å². The smallest absolute Gasteiger partial charge is 0.118 e. The highest BCUT2D eigenvalue weighted by Crippen LogP contribution is 2.23. The van der Waals surface area contributed by atoms with Crippen molar-refractivity contribution in [2.45, 2.75) is 12.6 Å². The van der Waals surface area contributed by atoms with Crippen LogP contribution in [0, 0.1) is 5.92 Å². The van der Waals surface area contributed by atoms with Gasteiger partial charge in [-0.25, -0.2) is 0 Å². The van der Waals surface area contributed by atoms with Crippen molar-refractivity contribution in [2.75, 3.05) is 26.7 Å². The lowest BCUT2D eigenvalue weighted by Crippen LogP contribution is -2.30. The van der Waals surface area contributed by atoms with Crippen molar-refractivity contribution in [1.82, 2.24) is 20.8 Å². The van der Waals surface area contributed by atoms with E-state index in [0.29, 0.717) is 6.54 Å². The fourth-order valence-corrected chi connectivity index (χ4v) is 2.77. The van der Waals surface area contributed by atoms with Gasteiger partial charge < -0.3 is 20.5 Å². The Morgan fingerprint density at radius 3 is 2.82 bits per heavy atom. The van der Waals surface area contributed by atoms with Crippen molar-refractivity contribution in [3.8, 4) is 17.0 Å². The number of β-amino-alcohol motifs (C(OH)–C–C–N with tert-alkyl or cyclic N) is 1. The predicted octanol–water partition coefficient (Wildman–Crippen LogP) is 0.755. The number of H-pyrrole nitrogens is 1. The van der Waals surface area contributed by atoms with Crippen LogP contribution in [0.15, 0.2) is 30.5 Å². The Balaban J connectivity index is 1.61. The van der Waals surface area contributed by atoms with Crippen LogP contribution in [0.5, 0.6) is 5.75 Å². The predicted molar refractivity (Wildman–Crippen MR) is 84.6 cm³/mol. The van der Waals surface area contributed by atoms with Crippen LogP contribution in [-0.4, -0.2) is 48.2 Å². The molecule has 6 heteroatoms. The first kappa shape index (κ1) is 15.0. The topological polar surface area (TPSA) is 82.2 Å². The fourth-order valence-electron chi connectivity index (χ4n) is 2.77. The molecule has 2 aromatic rings. The van der Waals surface area contributed by atoms with Gasteiger partial charge in [-0.1, -0.05) is 0 Å². The van der Waals surface area contributed by atoms with Gasteiger partial charge in [0.15, 0.2) is 0 Å². The maximum atomic E-state index is 9.80. The SMILES string of the molecule is COc1ccc(-c2[nH]ncc2CNCC2CNCC2O)cc1. The maximum Gasteiger partial charge on any atom is 0.118 e. The number of aromatic nitrogens is 2. The molecule has 0 saturated carbocycles. The summed E-state index contributed by atoms with van der Waals surface area (Å²) in [4.78, 5) is 0. The Kier molecular flexibility index (Phi) is 4.72. The molecule has 0 aliphatic carbocycles. The van der Waals surface area contributed by atoms with E-state index in [4.69, 9.17) is 4.74 Å². The van der Waals surface area contributed by atoms with E-state index in [0.717, 1.165) is 42.2 Å². The van der Waals surface area contributed by atoms with Crippen molar-refractivity contribution in [3.05, 3.63) is 36.0 Å². The molecule has 1 aromatic carbocycles. The van der Waals surface area contributed by atoms with Gasteiger partial charge in [0.2, 0.25) is 0 Å². The Hall–Kier alpha value is -1.89. The van der Waals surface area contributed by atoms with E-state index in [-0.39, 0.29) is 12.0 Å². The zero-order valence-electron chi connectivity index (χ0n) is 12.7. The summed E-state index contributed by atoms with van der Waals surface area (Å²) in [6.45, 7) is 3.07. The molecule has 118 valence electrons. The minimum absolute atomic E-state index is 0.252. The molecule has 1 fully saturated rings. The summed E-state index contributed by atoms with van der Waals surface area (Å²) >= 11 is 0. The molecule has 1 aliphatic rings. The lowest BCUT2D eigenvalue weighted by atomic mass is 10.1. The fraction of sp³-hybridized carbons (Fsp3) is 0.438. The van der Waals surface area contributed by atoms with Gasteiger partial charge in [0, 0.05) is 43.2 Å². The molecule has 2 unspecified atom stereocenters. The lowest BCUT2D eigenvalue weighted by Gasteiger charge is -2.14. The van der Waals surface area contributed by atoms with Crippen molar-refractivity contribution in [3.63, 3.8) is 0 Å². The molecule has 1 aromatic heterocycles. The molecule has 1 aliphatic heterocycles. The molecule has 2 heterocycles. The van der Waals surface area contributed by atoms with E-state index in [9.17, 15) is 5.11 Å². The summed E-state index contributed by atoms with van der Waals surface area (Å²) in [5.74, 6) is 1.11. The number of benzene rings is 1. The summed E-state index contributed by atoms with van der Waals surface area (Å²) in [6.07, 6.45) is 1.59. The molecule has 3 rings (SSSR count). The molecule has 4 N–H and O–H groups in total. The third-order valence-corrected chi connectivity index (χ3v) is 4.12. The summed E-state index contributed by atoms with van der Waals surface area (Å²) in [5.41, 5.74) is 3.21. The summed E-state index contributed by atoms with van der Waals surface area (Å²) in [7, 11) is 1.66.